The van der Waals surface area contributed by atoms with Gasteiger partial charge in [-0.2, -0.15) is 4.31 Å². The highest BCUT2D eigenvalue weighted by Crippen LogP contribution is 2.25. The number of aryl methyl sites for hydroxylation is 2. The third kappa shape index (κ3) is 5.23. The molecule has 5 nitrogen and oxygen atoms in total. The Morgan fingerprint density at radius 3 is 2.30 bits per heavy atom. The fourth-order valence-electron chi connectivity index (χ4n) is 3.85. The Kier molecular flexibility index (Phi) is 7.55. The number of halogens is 1. The van der Waals surface area contributed by atoms with E-state index in [-0.39, 0.29) is 16.7 Å². The topological polar surface area (TPSA) is 66.5 Å². The average Bonchev–Trinajstić information content (AvgIpc) is 2.77. The quantitative estimate of drug-likeness (QED) is 0.690. The molecule has 0 unspecified atom stereocenters. The second kappa shape index (κ2) is 9.94. The smallest absolute Gasteiger partial charge is 0.243 e. The summed E-state index contributed by atoms with van der Waals surface area (Å²) in [5.74, 6) is -0.163. The third-order valence-electron chi connectivity index (χ3n) is 5.79. The van der Waals surface area contributed by atoms with Gasteiger partial charge in [-0.05, 0) is 66.6 Å². The minimum atomic E-state index is -3.56. The summed E-state index contributed by atoms with van der Waals surface area (Å²) < 4.78 is 27.1. The van der Waals surface area contributed by atoms with Gasteiger partial charge >= 0.3 is 0 Å². The molecule has 1 saturated heterocycles. The van der Waals surface area contributed by atoms with E-state index in [1.54, 1.807) is 12.1 Å². The molecular formula is C23H29ClN2O3S. The molecule has 3 rings (SSSR count). The Balaban J connectivity index is 1.57. The maximum absolute atomic E-state index is 12.8. The molecule has 0 atom stereocenters. The highest BCUT2D eigenvalue weighted by atomic mass is 35.5. The number of amides is 1. The van der Waals surface area contributed by atoms with Gasteiger partial charge in [-0.3, -0.25) is 4.79 Å². The molecule has 30 heavy (non-hydrogen) atoms. The molecule has 1 aliphatic heterocycles. The fraction of sp³-hybridized carbons (Fsp3) is 0.435. The first-order chi connectivity index (χ1) is 14.3. The third-order valence-corrected chi connectivity index (χ3v) is 7.95. The molecule has 162 valence electrons. The fourth-order valence-corrected chi connectivity index (χ4v) is 5.45. The van der Waals surface area contributed by atoms with Gasteiger partial charge in [0.1, 0.15) is 0 Å². The van der Waals surface area contributed by atoms with E-state index >= 15 is 0 Å². The Bertz CT molecular complexity index is 982. The normalized spacial score (nSPS) is 15.8. The van der Waals surface area contributed by atoms with Crippen LogP contribution in [0.5, 0.6) is 0 Å². The van der Waals surface area contributed by atoms with Crippen LogP contribution in [0.3, 0.4) is 0 Å². The summed E-state index contributed by atoms with van der Waals surface area (Å²) in [6.45, 7) is 5.43. The lowest BCUT2D eigenvalue weighted by Gasteiger charge is -2.30. The summed E-state index contributed by atoms with van der Waals surface area (Å²) in [5, 5.41) is 3.56. The summed E-state index contributed by atoms with van der Waals surface area (Å²) in [4.78, 5) is 12.9. The van der Waals surface area contributed by atoms with Crippen molar-refractivity contribution >= 4 is 27.5 Å². The van der Waals surface area contributed by atoms with Gasteiger partial charge in [-0.15, -0.1) is 0 Å². The number of nitrogens with zero attached hydrogens (tertiary/aromatic N) is 1. The number of carbonyl (C=O) groups is 1. The minimum absolute atomic E-state index is 0.00231. The minimum Gasteiger partial charge on any atom is -0.352 e. The molecule has 2 aromatic carbocycles. The van der Waals surface area contributed by atoms with E-state index < -0.39 is 10.0 Å². The molecule has 0 radical (unpaired) electrons. The maximum atomic E-state index is 12.8. The zero-order valence-corrected chi connectivity index (χ0v) is 19.1. The van der Waals surface area contributed by atoms with Crippen LogP contribution in [0, 0.1) is 5.92 Å². The predicted octanol–water partition coefficient (Wildman–Crippen LogP) is 4.18. The standard InChI is InChI=1S/C23H29ClN2O3S/c1-3-17-5-6-18(4-2)20(15-17)16-25-23(27)19-11-13-26(14-12-19)30(28,29)22-9-7-21(24)8-10-22/h5-10,15,19H,3-4,11-14,16H2,1-2H3,(H,25,27). The Morgan fingerprint density at radius 2 is 1.70 bits per heavy atom. The zero-order chi connectivity index (χ0) is 21.7. The summed E-state index contributed by atoms with van der Waals surface area (Å²) >= 11 is 5.86. The van der Waals surface area contributed by atoms with Crippen LogP contribution in [0.4, 0.5) is 0 Å². The number of benzene rings is 2. The number of piperidine rings is 1. The van der Waals surface area contributed by atoms with Crippen molar-refractivity contribution in [3.05, 3.63) is 64.2 Å². The van der Waals surface area contributed by atoms with Crippen molar-refractivity contribution in [2.45, 2.75) is 51.0 Å². The van der Waals surface area contributed by atoms with Gasteiger partial charge in [0.25, 0.3) is 0 Å². The van der Waals surface area contributed by atoms with E-state index in [0.29, 0.717) is 37.5 Å². The van der Waals surface area contributed by atoms with Crippen molar-refractivity contribution < 1.29 is 13.2 Å². The van der Waals surface area contributed by atoms with Crippen molar-refractivity contribution in [1.29, 1.82) is 0 Å². The molecule has 7 heteroatoms. The van der Waals surface area contributed by atoms with Gasteiger partial charge < -0.3 is 5.32 Å². The van der Waals surface area contributed by atoms with Crippen molar-refractivity contribution in [2.24, 2.45) is 5.92 Å². The van der Waals surface area contributed by atoms with E-state index in [0.717, 1.165) is 18.4 Å². The molecule has 2 aromatic rings. The molecule has 0 saturated carbocycles. The van der Waals surface area contributed by atoms with Crippen LogP contribution >= 0.6 is 11.6 Å². The van der Waals surface area contributed by atoms with Gasteiger partial charge in [0, 0.05) is 30.6 Å². The second-order valence-electron chi connectivity index (χ2n) is 7.66. The Labute approximate surface area is 184 Å². The summed E-state index contributed by atoms with van der Waals surface area (Å²) in [6, 6.07) is 12.6. The molecule has 1 amide bonds. The zero-order valence-electron chi connectivity index (χ0n) is 17.5. The van der Waals surface area contributed by atoms with Crippen molar-refractivity contribution in [3.8, 4) is 0 Å². The highest BCUT2D eigenvalue weighted by molar-refractivity contribution is 7.89. The largest absolute Gasteiger partial charge is 0.352 e. The lowest BCUT2D eigenvalue weighted by atomic mass is 9.96. The highest BCUT2D eigenvalue weighted by Gasteiger charge is 2.32. The number of nitrogens with one attached hydrogen (secondary N) is 1. The first-order valence-electron chi connectivity index (χ1n) is 10.5. The maximum Gasteiger partial charge on any atom is 0.243 e. The first-order valence-corrected chi connectivity index (χ1v) is 12.3. The van der Waals surface area contributed by atoms with E-state index in [2.05, 4.69) is 37.4 Å². The van der Waals surface area contributed by atoms with Gasteiger partial charge in [-0.1, -0.05) is 43.6 Å². The lowest BCUT2D eigenvalue weighted by Crippen LogP contribution is -2.42. The van der Waals surface area contributed by atoms with Crippen LogP contribution in [0.2, 0.25) is 5.02 Å². The average molecular weight is 449 g/mol. The number of hydrogen-bond acceptors (Lipinski definition) is 3. The number of hydrogen-bond donors (Lipinski definition) is 1. The monoisotopic (exact) mass is 448 g/mol. The summed E-state index contributed by atoms with van der Waals surface area (Å²) in [5.41, 5.74) is 3.67. The van der Waals surface area contributed by atoms with Crippen molar-refractivity contribution in [2.75, 3.05) is 13.1 Å². The summed E-state index contributed by atoms with van der Waals surface area (Å²) in [7, 11) is -3.56. The van der Waals surface area contributed by atoms with E-state index in [1.807, 2.05) is 0 Å². The SMILES string of the molecule is CCc1ccc(CC)c(CNC(=O)C2CCN(S(=O)(=O)c3ccc(Cl)cc3)CC2)c1. The van der Waals surface area contributed by atoms with E-state index in [1.165, 1.54) is 27.6 Å². The van der Waals surface area contributed by atoms with Crippen molar-refractivity contribution in [1.82, 2.24) is 9.62 Å². The van der Waals surface area contributed by atoms with Gasteiger partial charge in [0.15, 0.2) is 0 Å². The van der Waals surface area contributed by atoms with Gasteiger partial charge in [0.05, 0.1) is 4.90 Å². The molecule has 0 aromatic heterocycles. The van der Waals surface area contributed by atoms with Crippen LogP contribution in [-0.2, 0) is 34.2 Å². The number of rotatable bonds is 7. The number of carbonyl (C=O) groups excluding carboxylic acids is 1. The molecule has 1 N–H and O–H groups in total. The lowest BCUT2D eigenvalue weighted by molar-refractivity contribution is -0.126. The van der Waals surface area contributed by atoms with E-state index in [9.17, 15) is 13.2 Å². The Morgan fingerprint density at radius 1 is 1.03 bits per heavy atom. The molecule has 1 fully saturated rings. The van der Waals surface area contributed by atoms with Gasteiger partial charge in [0.2, 0.25) is 15.9 Å². The first kappa shape index (κ1) is 22.8. The van der Waals surface area contributed by atoms with E-state index in [4.69, 9.17) is 11.6 Å². The molecular weight excluding hydrogens is 420 g/mol. The number of sulfonamides is 1. The van der Waals surface area contributed by atoms with Crippen LogP contribution in [0.1, 0.15) is 43.4 Å². The van der Waals surface area contributed by atoms with Crippen LogP contribution in [-0.4, -0.2) is 31.7 Å². The van der Waals surface area contributed by atoms with Crippen molar-refractivity contribution in [3.63, 3.8) is 0 Å². The molecule has 1 heterocycles. The predicted molar refractivity (Wildman–Crippen MR) is 120 cm³/mol. The van der Waals surface area contributed by atoms with Crippen LogP contribution in [0.15, 0.2) is 47.4 Å². The summed E-state index contributed by atoms with van der Waals surface area (Å²) in [6.07, 6.45) is 2.93. The van der Waals surface area contributed by atoms with Crippen LogP contribution in [0.25, 0.3) is 0 Å². The molecule has 0 aliphatic carbocycles. The molecule has 0 bridgehead atoms. The molecule has 0 spiro atoms. The van der Waals surface area contributed by atoms with Crippen LogP contribution < -0.4 is 5.32 Å². The Hall–Kier alpha value is -1.89. The molecule has 1 aliphatic rings. The second-order valence-corrected chi connectivity index (χ2v) is 10.0. The van der Waals surface area contributed by atoms with Gasteiger partial charge in [-0.25, -0.2) is 8.42 Å².